The average Bonchev–Trinajstić information content (AvgIpc) is 3.01. The van der Waals surface area contributed by atoms with Gasteiger partial charge in [-0.2, -0.15) is 5.10 Å². The molecule has 1 aromatic heterocycles. The second kappa shape index (κ2) is 7.36. The van der Waals surface area contributed by atoms with Gasteiger partial charge in [0.1, 0.15) is 5.82 Å². The minimum Gasteiger partial charge on any atom is -0.339 e. The second-order valence-electron chi connectivity index (χ2n) is 6.45. The lowest BCUT2D eigenvalue weighted by Gasteiger charge is -2.32. The van der Waals surface area contributed by atoms with Crippen molar-refractivity contribution in [2.45, 2.75) is 39.2 Å². The molecule has 1 aliphatic rings. The normalized spacial score (nSPS) is 15.2. The van der Waals surface area contributed by atoms with Gasteiger partial charge in [-0.15, -0.1) is 0 Å². The van der Waals surface area contributed by atoms with E-state index in [9.17, 15) is 14.9 Å². The summed E-state index contributed by atoms with van der Waals surface area (Å²) in [6, 6.07) is 4.37. The number of aromatic amines is 1. The summed E-state index contributed by atoms with van der Waals surface area (Å²) in [6.07, 6.45) is 1.63. The zero-order chi connectivity index (χ0) is 18.8. The maximum absolute atomic E-state index is 12.8. The first kappa shape index (κ1) is 18.2. The van der Waals surface area contributed by atoms with E-state index in [4.69, 9.17) is 12.2 Å². The molecule has 138 valence electrons. The highest BCUT2D eigenvalue weighted by molar-refractivity contribution is 7.71. The molecule has 1 aromatic carbocycles. The fraction of sp³-hybridized carbons (Fsp3) is 0.471. The number of hydrogen-bond donors (Lipinski definition) is 1. The maximum atomic E-state index is 12.8. The fourth-order valence-electron chi connectivity index (χ4n) is 3.46. The molecule has 3 rings (SSSR count). The third kappa shape index (κ3) is 3.39. The molecule has 0 saturated carbocycles. The largest absolute Gasteiger partial charge is 0.339 e. The molecule has 9 heteroatoms. The number of nitrogens with one attached hydrogen (secondary N) is 1. The van der Waals surface area contributed by atoms with Crippen LogP contribution in [0, 0.1) is 21.8 Å². The zero-order valence-electron chi connectivity index (χ0n) is 14.8. The minimum absolute atomic E-state index is 0.000120. The molecule has 0 atom stereocenters. The number of piperidine rings is 1. The van der Waals surface area contributed by atoms with Crippen molar-refractivity contribution in [3.8, 4) is 0 Å². The Bertz CT molecular complexity index is 896. The Balaban J connectivity index is 1.71. The quantitative estimate of drug-likeness (QED) is 0.503. The summed E-state index contributed by atoms with van der Waals surface area (Å²) in [7, 11) is 0. The summed E-state index contributed by atoms with van der Waals surface area (Å²) in [5, 5.41) is 18.1. The third-order valence-electron chi connectivity index (χ3n) is 4.90. The molecule has 1 amide bonds. The first-order chi connectivity index (χ1) is 12.4. The Hall–Kier alpha value is -2.55. The van der Waals surface area contributed by atoms with Crippen LogP contribution >= 0.6 is 12.2 Å². The molecule has 0 spiro atoms. The first-order valence-corrected chi connectivity index (χ1v) is 9.02. The van der Waals surface area contributed by atoms with Crippen molar-refractivity contribution in [2.75, 3.05) is 13.1 Å². The molecule has 0 radical (unpaired) electrons. The highest BCUT2D eigenvalue weighted by atomic mass is 32.1. The number of benzene rings is 1. The van der Waals surface area contributed by atoms with Crippen molar-refractivity contribution >= 4 is 23.8 Å². The maximum Gasteiger partial charge on any atom is 0.269 e. The van der Waals surface area contributed by atoms with Crippen LogP contribution in [0.25, 0.3) is 0 Å². The van der Waals surface area contributed by atoms with E-state index in [-0.39, 0.29) is 17.5 Å². The summed E-state index contributed by atoms with van der Waals surface area (Å²) in [6.45, 7) is 5.79. The number of amides is 1. The van der Waals surface area contributed by atoms with Crippen molar-refractivity contribution < 1.29 is 9.72 Å². The fourth-order valence-corrected chi connectivity index (χ4v) is 3.73. The molecule has 0 aliphatic carbocycles. The number of carbonyl (C=O) groups is 1. The number of carbonyl (C=O) groups excluding carboxylic acids is 1. The van der Waals surface area contributed by atoms with Crippen LogP contribution in [0.4, 0.5) is 5.69 Å². The Kier molecular flexibility index (Phi) is 5.17. The Morgan fingerprint density at radius 3 is 2.69 bits per heavy atom. The topological polar surface area (TPSA) is 97.1 Å². The number of H-pyrrole nitrogens is 1. The van der Waals surface area contributed by atoms with Gasteiger partial charge < -0.3 is 9.47 Å². The lowest BCUT2D eigenvalue weighted by molar-refractivity contribution is -0.384. The van der Waals surface area contributed by atoms with Crippen LogP contribution in [0.2, 0.25) is 0 Å². The SMILES string of the molecule is CCn1c(C2CCN(C(=O)c3ccc([N+](=O)[O-])cc3C)CC2)n[nH]c1=S. The van der Waals surface area contributed by atoms with Crippen LogP contribution in [0.15, 0.2) is 18.2 Å². The monoisotopic (exact) mass is 375 g/mol. The summed E-state index contributed by atoms with van der Waals surface area (Å²) >= 11 is 5.25. The van der Waals surface area contributed by atoms with Crippen molar-refractivity contribution in [1.82, 2.24) is 19.7 Å². The summed E-state index contributed by atoms with van der Waals surface area (Å²) in [4.78, 5) is 25.0. The smallest absolute Gasteiger partial charge is 0.269 e. The number of aryl methyl sites for hydroxylation is 1. The number of nitro groups is 1. The molecular weight excluding hydrogens is 354 g/mol. The molecular formula is C17H21N5O3S. The predicted molar refractivity (Wildman–Crippen MR) is 98.8 cm³/mol. The molecule has 1 fully saturated rings. The van der Waals surface area contributed by atoms with Gasteiger partial charge in [0.05, 0.1) is 4.92 Å². The lowest BCUT2D eigenvalue weighted by atomic mass is 9.95. The molecule has 2 aromatic rings. The number of likely N-dealkylation sites (tertiary alicyclic amines) is 1. The van der Waals surface area contributed by atoms with Gasteiger partial charge in [-0.3, -0.25) is 20.0 Å². The molecule has 0 unspecified atom stereocenters. The highest BCUT2D eigenvalue weighted by Crippen LogP contribution is 2.28. The van der Waals surface area contributed by atoms with Crippen LogP contribution in [0.1, 0.15) is 47.4 Å². The van der Waals surface area contributed by atoms with E-state index in [1.807, 2.05) is 16.4 Å². The number of nitrogens with zero attached hydrogens (tertiary/aromatic N) is 4. The van der Waals surface area contributed by atoms with Gasteiger partial charge in [0.2, 0.25) is 0 Å². The highest BCUT2D eigenvalue weighted by Gasteiger charge is 2.28. The third-order valence-corrected chi connectivity index (χ3v) is 5.21. The van der Waals surface area contributed by atoms with Gasteiger partial charge in [-0.05, 0) is 50.5 Å². The molecule has 1 saturated heterocycles. The number of nitro benzene ring substituents is 1. The molecule has 1 N–H and O–H groups in total. The van der Waals surface area contributed by atoms with Crippen LogP contribution in [-0.4, -0.2) is 43.6 Å². The molecule has 8 nitrogen and oxygen atoms in total. The van der Waals surface area contributed by atoms with Crippen LogP contribution < -0.4 is 0 Å². The van der Waals surface area contributed by atoms with Crippen molar-refractivity contribution in [1.29, 1.82) is 0 Å². The van der Waals surface area contributed by atoms with Gasteiger partial charge in [0.25, 0.3) is 11.6 Å². The summed E-state index contributed by atoms with van der Waals surface area (Å²) in [5.41, 5.74) is 1.14. The summed E-state index contributed by atoms with van der Waals surface area (Å²) < 4.78 is 2.63. The molecule has 0 bridgehead atoms. The van der Waals surface area contributed by atoms with Gasteiger partial charge >= 0.3 is 0 Å². The number of aromatic nitrogens is 3. The summed E-state index contributed by atoms with van der Waals surface area (Å²) in [5.74, 6) is 1.14. The first-order valence-electron chi connectivity index (χ1n) is 8.61. The number of hydrogen-bond acceptors (Lipinski definition) is 5. The molecule has 1 aliphatic heterocycles. The van der Waals surface area contributed by atoms with Crippen LogP contribution in [0.3, 0.4) is 0 Å². The van der Waals surface area contributed by atoms with Crippen molar-refractivity contribution in [3.63, 3.8) is 0 Å². The van der Waals surface area contributed by atoms with Gasteiger partial charge in [-0.25, -0.2) is 0 Å². The van der Waals surface area contributed by atoms with E-state index in [1.165, 1.54) is 12.1 Å². The Morgan fingerprint density at radius 1 is 1.42 bits per heavy atom. The van der Waals surface area contributed by atoms with E-state index in [1.54, 1.807) is 13.0 Å². The van der Waals surface area contributed by atoms with E-state index < -0.39 is 4.92 Å². The van der Waals surface area contributed by atoms with Gasteiger partial charge in [0.15, 0.2) is 4.77 Å². The van der Waals surface area contributed by atoms with E-state index >= 15 is 0 Å². The van der Waals surface area contributed by atoms with Crippen molar-refractivity contribution in [2.24, 2.45) is 0 Å². The standard InChI is InChI=1S/C17H21N5O3S/c1-3-21-15(18-19-17(21)26)12-6-8-20(9-7-12)16(23)14-5-4-13(22(24)25)10-11(14)2/h4-5,10,12H,3,6-9H2,1-2H3,(H,19,26). The molecule has 2 heterocycles. The second-order valence-corrected chi connectivity index (χ2v) is 6.84. The predicted octanol–water partition coefficient (Wildman–Crippen LogP) is 3.20. The van der Waals surface area contributed by atoms with Crippen LogP contribution in [0.5, 0.6) is 0 Å². The van der Waals surface area contributed by atoms with Crippen LogP contribution in [-0.2, 0) is 6.54 Å². The number of non-ortho nitro benzene ring substituents is 1. The lowest BCUT2D eigenvalue weighted by Crippen LogP contribution is -2.38. The van der Waals surface area contributed by atoms with Gasteiger partial charge in [0, 0.05) is 43.2 Å². The zero-order valence-corrected chi connectivity index (χ0v) is 15.6. The van der Waals surface area contributed by atoms with E-state index in [0.717, 1.165) is 25.2 Å². The minimum atomic E-state index is -0.451. The van der Waals surface area contributed by atoms with Crippen molar-refractivity contribution in [3.05, 3.63) is 50.0 Å². The molecule has 26 heavy (non-hydrogen) atoms. The Labute approximate surface area is 156 Å². The Morgan fingerprint density at radius 2 is 2.12 bits per heavy atom. The van der Waals surface area contributed by atoms with Gasteiger partial charge in [-0.1, -0.05) is 0 Å². The average molecular weight is 375 g/mol. The number of rotatable bonds is 4. The van der Waals surface area contributed by atoms with E-state index in [2.05, 4.69) is 10.2 Å². The van der Waals surface area contributed by atoms with E-state index in [0.29, 0.717) is 29.0 Å².